The number of hydrogen-bond acceptors (Lipinski definition) is 2. The van der Waals surface area contributed by atoms with Crippen LogP contribution in [0, 0.1) is 0 Å². The van der Waals surface area contributed by atoms with Gasteiger partial charge in [0.2, 0.25) is 0 Å². The van der Waals surface area contributed by atoms with Gasteiger partial charge in [0.15, 0.2) is 0 Å². The number of hydrogen-bond donors (Lipinski definition) is 0. The molecular formula is C18H28OS. The van der Waals surface area contributed by atoms with E-state index >= 15 is 0 Å². The van der Waals surface area contributed by atoms with Crippen LogP contribution in [0.3, 0.4) is 0 Å². The summed E-state index contributed by atoms with van der Waals surface area (Å²) < 4.78 is 5.83. The Morgan fingerprint density at radius 1 is 1.15 bits per heavy atom. The van der Waals surface area contributed by atoms with Crippen LogP contribution < -0.4 is 4.74 Å². The summed E-state index contributed by atoms with van der Waals surface area (Å²) in [5.74, 6) is 2.03. The minimum atomic E-state index is 0.839. The van der Waals surface area contributed by atoms with E-state index in [1.54, 1.807) is 0 Å². The third kappa shape index (κ3) is 8.31. The second kappa shape index (κ2) is 10.8. The second-order valence-corrected chi connectivity index (χ2v) is 6.42. The molecule has 0 atom stereocenters. The van der Waals surface area contributed by atoms with E-state index in [0.29, 0.717) is 0 Å². The highest BCUT2D eigenvalue weighted by atomic mass is 32.2. The average molecular weight is 292 g/mol. The van der Waals surface area contributed by atoms with Crippen molar-refractivity contribution >= 4 is 11.8 Å². The Morgan fingerprint density at radius 3 is 2.70 bits per heavy atom. The number of ether oxygens (including phenoxy) is 1. The van der Waals surface area contributed by atoms with Gasteiger partial charge in [-0.2, -0.15) is 0 Å². The fourth-order valence-electron chi connectivity index (χ4n) is 1.85. The zero-order chi connectivity index (χ0) is 14.6. The van der Waals surface area contributed by atoms with Gasteiger partial charge >= 0.3 is 0 Å². The Hall–Kier alpha value is -0.890. The smallest absolute Gasteiger partial charge is 0.120 e. The Balaban J connectivity index is 2.27. The average Bonchev–Trinajstić information content (AvgIpc) is 2.43. The summed E-state index contributed by atoms with van der Waals surface area (Å²) in [6.07, 6.45) is 8.67. The van der Waals surface area contributed by atoms with Gasteiger partial charge in [-0.25, -0.2) is 0 Å². The molecule has 0 unspecified atom stereocenters. The van der Waals surface area contributed by atoms with E-state index in [4.69, 9.17) is 4.74 Å². The van der Waals surface area contributed by atoms with Gasteiger partial charge in [0.05, 0.1) is 6.61 Å². The number of allylic oxidation sites excluding steroid dienone is 1. The fraction of sp³-hybridized carbons (Fsp3) is 0.556. The molecule has 1 aromatic rings. The Bertz CT molecular complexity index is 394. The number of unbranched alkanes of at least 4 members (excludes halogenated alkanes) is 4. The molecule has 0 saturated carbocycles. The van der Waals surface area contributed by atoms with Crippen molar-refractivity contribution in [3.05, 3.63) is 35.9 Å². The normalized spacial score (nSPS) is 10.3. The van der Waals surface area contributed by atoms with Gasteiger partial charge in [-0.3, -0.25) is 0 Å². The minimum Gasteiger partial charge on any atom is -0.494 e. The predicted octanol–water partition coefficient (Wildman–Crippen LogP) is 6.09. The van der Waals surface area contributed by atoms with E-state index in [0.717, 1.165) is 24.5 Å². The van der Waals surface area contributed by atoms with E-state index in [-0.39, 0.29) is 0 Å². The van der Waals surface area contributed by atoms with Crippen molar-refractivity contribution in [3.8, 4) is 5.75 Å². The summed E-state index contributed by atoms with van der Waals surface area (Å²) in [6, 6.07) is 8.43. The minimum absolute atomic E-state index is 0.839. The van der Waals surface area contributed by atoms with Crippen molar-refractivity contribution in [1.82, 2.24) is 0 Å². The van der Waals surface area contributed by atoms with Crippen LogP contribution in [0.1, 0.15) is 52.9 Å². The summed E-state index contributed by atoms with van der Waals surface area (Å²) in [7, 11) is 0. The molecule has 1 aromatic carbocycles. The maximum Gasteiger partial charge on any atom is 0.120 e. The monoisotopic (exact) mass is 292 g/mol. The largest absolute Gasteiger partial charge is 0.494 e. The fourth-order valence-corrected chi connectivity index (χ4v) is 2.84. The zero-order valence-corrected chi connectivity index (χ0v) is 14.0. The maximum atomic E-state index is 5.83. The van der Waals surface area contributed by atoms with Gasteiger partial charge in [-0.1, -0.05) is 50.3 Å². The highest BCUT2D eigenvalue weighted by molar-refractivity contribution is 7.99. The first kappa shape index (κ1) is 17.2. The van der Waals surface area contributed by atoms with Crippen LogP contribution in [-0.4, -0.2) is 12.4 Å². The molecule has 0 aliphatic carbocycles. The predicted molar refractivity (Wildman–Crippen MR) is 90.9 cm³/mol. The lowest BCUT2D eigenvalue weighted by molar-refractivity contribution is 0.304. The molecule has 0 radical (unpaired) electrons. The summed E-state index contributed by atoms with van der Waals surface area (Å²) in [5, 5.41) is 0. The SMILES string of the molecule is CCCCCCCOc1cccc(SCC=C(C)C)c1. The highest BCUT2D eigenvalue weighted by Crippen LogP contribution is 2.23. The summed E-state index contributed by atoms with van der Waals surface area (Å²) in [6.45, 7) is 7.36. The van der Waals surface area contributed by atoms with Gasteiger partial charge < -0.3 is 4.74 Å². The van der Waals surface area contributed by atoms with Gasteiger partial charge in [0.1, 0.15) is 5.75 Å². The molecule has 0 heterocycles. The number of rotatable bonds is 10. The summed E-state index contributed by atoms with van der Waals surface area (Å²) >= 11 is 1.86. The van der Waals surface area contributed by atoms with E-state index in [2.05, 4.69) is 51.1 Å². The molecule has 0 amide bonds. The lowest BCUT2D eigenvalue weighted by atomic mass is 10.2. The van der Waals surface area contributed by atoms with Gasteiger partial charge in [-0.05, 0) is 38.5 Å². The van der Waals surface area contributed by atoms with Crippen LogP contribution in [0.4, 0.5) is 0 Å². The molecule has 0 spiro atoms. The van der Waals surface area contributed by atoms with Crippen LogP contribution in [0.15, 0.2) is 40.8 Å². The van der Waals surface area contributed by atoms with Crippen LogP contribution in [0.2, 0.25) is 0 Å². The lowest BCUT2D eigenvalue weighted by Gasteiger charge is -2.07. The quantitative estimate of drug-likeness (QED) is 0.293. The number of benzene rings is 1. The third-order valence-corrected chi connectivity index (χ3v) is 3.98. The highest BCUT2D eigenvalue weighted by Gasteiger charge is 1.97. The first-order valence-electron chi connectivity index (χ1n) is 7.71. The molecule has 1 nitrogen and oxygen atoms in total. The first-order valence-corrected chi connectivity index (χ1v) is 8.70. The van der Waals surface area contributed by atoms with E-state index in [1.165, 1.54) is 36.2 Å². The summed E-state index contributed by atoms with van der Waals surface area (Å²) in [5.41, 5.74) is 1.37. The molecular weight excluding hydrogens is 264 g/mol. The molecule has 0 bridgehead atoms. The van der Waals surface area contributed by atoms with E-state index in [1.807, 2.05) is 11.8 Å². The van der Waals surface area contributed by atoms with Crippen molar-refractivity contribution in [1.29, 1.82) is 0 Å². The molecule has 2 heteroatoms. The summed E-state index contributed by atoms with van der Waals surface area (Å²) in [4.78, 5) is 1.28. The molecule has 0 fully saturated rings. The second-order valence-electron chi connectivity index (χ2n) is 5.33. The first-order chi connectivity index (χ1) is 9.72. The number of thioether (sulfide) groups is 1. The van der Waals surface area contributed by atoms with E-state index < -0.39 is 0 Å². The van der Waals surface area contributed by atoms with Crippen LogP contribution >= 0.6 is 11.8 Å². The lowest BCUT2D eigenvalue weighted by Crippen LogP contribution is -1.97. The molecule has 0 saturated heterocycles. The Labute approximate surface area is 128 Å². The van der Waals surface area contributed by atoms with Crippen LogP contribution in [0.25, 0.3) is 0 Å². The van der Waals surface area contributed by atoms with Crippen molar-refractivity contribution in [2.24, 2.45) is 0 Å². The topological polar surface area (TPSA) is 9.23 Å². The van der Waals surface area contributed by atoms with Gasteiger partial charge in [0, 0.05) is 10.6 Å². The Kier molecular flexibility index (Phi) is 9.31. The molecule has 0 aliphatic heterocycles. The zero-order valence-electron chi connectivity index (χ0n) is 13.2. The van der Waals surface area contributed by atoms with Crippen LogP contribution in [0.5, 0.6) is 5.75 Å². The van der Waals surface area contributed by atoms with Gasteiger partial charge in [0.25, 0.3) is 0 Å². The van der Waals surface area contributed by atoms with Crippen molar-refractivity contribution in [3.63, 3.8) is 0 Å². The Morgan fingerprint density at radius 2 is 1.95 bits per heavy atom. The molecule has 20 heavy (non-hydrogen) atoms. The maximum absolute atomic E-state index is 5.83. The van der Waals surface area contributed by atoms with Crippen molar-refractivity contribution in [2.75, 3.05) is 12.4 Å². The molecule has 0 aliphatic rings. The van der Waals surface area contributed by atoms with Crippen molar-refractivity contribution < 1.29 is 4.74 Å². The van der Waals surface area contributed by atoms with Crippen molar-refractivity contribution in [2.45, 2.75) is 57.8 Å². The standard InChI is InChI=1S/C18H28OS/c1-4-5-6-7-8-13-19-17-10-9-11-18(15-17)20-14-12-16(2)3/h9-12,15H,4-8,13-14H2,1-3H3. The van der Waals surface area contributed by atoms with E-state index in [9.17, 15) is 0 Å². The molecule has 0 N–H and O–H groups in total. The molecule has 0 aromatic heterocycles. The molecule has 1 rings (SSSR count). The van der Waals surface area contributed by atoms with Gasteiger partial charge in [-0.15, -0.1) is 11.8 Å². The molecule has 112 valence electrons. The third-order valence-electron chi connectivity index (χ3n) is 3.06. The van der Waals surface area contributed by atoms with Crippen LogP contribution in [-0.2, 0) is 0 Å².